The van der Waals surface area contributed by atoms with Gasteiger partial charge < -0.3 is 15.2 Å². The monoisotopic (exact) mass is 283 g/mol. The van der Waals surface area contributed by atoms with E-state index in [4.69, 9.17) is 15.2 Å². The van der Waals surface area contributed by atoms with Crippen LogP contribution in [0.15, 0.2) is 35.7 Å². The second kappa shape index (κ2) is 5.61. The lowest BCUT2D eigenvalue weighted by atomic mass is 10.1. The van der Waals surface area contributed by atoms with Gasteiger partial charge in [-0.15, -0.1) is 23.7 Å². The third-order valence-electron chi connectivity index (χ3n) is 2.78. The van der Waals surface area contributed by atoms with E-state index in [1.165, 1.54) is 0 Å². The summed E-state index contributed by atoms with van der Waals surface area (Å²) in [5, 5.41) is 2.03. The molecule has 0 saturated heterocycles. The van der Waals surface area contributed by atoms with Gasteiger partial charge in [0.05, 0.1) is 6.04 Å². The molecule has 0 aliphatic carbocycles. The molecule has 96 valence electrons. The van der Waals surface area contributed by atoms with E-state index in [0.717, 1.165) is 21.9 Å². The average molecular weight is 284 g/mol. The van der Waals surface area contributed by atoms with Crippen molar-refractivity contribution >= 4 is 23.7 Å². The van der Waals surface area contributed by atoms with Crippen LogP contribution in [0.1, 0.15) is 16.5 Å². The molecule has 2 heterocycles. The molecule has 5 heteroatoms. The highest BCUT2D eigenvalue weighted by molar-refractivity contribution is 7.10. The number of benzene rings is 1. The lowest BCUT2D eigenvalue weighted by Crippen LogP contribution is -2.16. The molecule has 1 aliphatic rings. The number of rotatable bonds is 2. The smallest absolute Gasteiger partial charge is 0.161 e. The van der Waals surface area contributed by atoms with Crippen LogP contribution < -0.4 is 15.2 Å². The van der Waals surface area contributed by atoms with Gasteiger partial charge in [0.25, 0.3) is 0 Å². The van der Waals surface area contributed by atoms with Gasteiger partial charge in [-0.1, -0.05) is 12.1 Å². The van der Waals surface area contributed by atoms with Crippen LogP contribution in [0.2, 0.25) is 0 Å². The molecule has 0 unspecified atom stereocenters. The van der Waals surface area contributed by atoms with Gasteiger partial charge in [-0.25, -0.2) is 0 Å². The van der Waals surface area contributed by atoms with Crippen molar-refractivity contribution < 1.29 is 9.47 Å². The SMILES string of the molecule is Cl.N[C@H](c1ccc2c(c1)OCCO2)c1cccs1. The maximum absolute atomic E-state index is 6.21. The topological polar surface area (TPSA) is 44.5 Å². The summed E-state index contributed by atoms with van der Waals surface area (Å²) in [5.74, 6) is 1.60. The average Bonchev–Trinajstić information content (AvgIpc) is 2.91. The predicted molar refractivity (Wildman–Crippen MR) is 75.0 cm³/mol. The first-order valence-electron chi connectivity index (χ1n) is 5.53. The molecule has 1 aliphatic heterocycles. The Bertz CT molecular complexity index is 516. The van der Waals surface area contributed by atoms with E-state index in [9.17, 15) is 0 Å². The summed E-state index contributed by atoms with van der Waals surface area (Å²) < 4.78 is 11.0. The minimum Gasteiger partial charge on any atom is -0.486 e. The molecule has 0 amide bonds. The largest absolute Gasteiger partial charge is 0.486 e. The number of ether oxygens (including phenoxy) is 2. The Hall–Kier alpha value is -1.23. The highest BCUT2D eigenvalue weighted by Crippen LogP contribution is 2.34. The summed E-state index contributed by atoms with van der Waals surface area (Å²) >= 11 is 1.67. The fourth-order valence-corrected chi connectivity index (χ4v) is 2.64. The van der Waals surface area contributed by atoms with Crippen LogP contribution in [0.3, 0.4) is 0 Å². The molecular formula is C13H14ClNO2S. The Morgan fingerprint density at radius 3 is 2.61 bits per heavy atom. The van der Waals surface area contributed by atoms with Crippen LogP contribution in [-0.2, 0) is 0 Å². The van der Waals surface area contributed by atoms with Crippen molar-refractivity contribution in [1.82, 2.24) is 0 Å². The van der Waals surface area contributed by atoms with Crippen LogP contribution in [0.25, 0.3) is 0 Å². The van der Waals surface area contributed by atoms with Gasteiger partial charge in [-0.05, 0) is 29.1 Å². The fourth-order valence-electron chi connectivity index (χ4n) is 1.89. The third-order valence-corrected chi connectivity index (χ3v) is 3.73. The molecule has 1 aromatic heterocycles. The van der Waals surface area contributed by atoms with E-state index in [-0.39, 0.29) is 18.4 Å². The molecule has 0 fully saturated rings. The number of nitrogens with two attached hydrogens (primary N) is 1. The fraction of sp³-hybridized carbons (Fsp3) is 0.231. The lowest BCUT2D eigenvalue weighted by Gasteiger charge is -2.20. The van der Waals surface area contributed by atoms with Gasteiger partial charge in [0.15, 0.2) is 11.5 Å². The number of hydrogen-bond donors (Lipinski definition) is 1. The van der Waals surface area contributed by atoms with E-state index < -0.39 is 0 Å². The Labute approximate surface area is 116 Å². The van der Waals surface area contributed by atoms with Crippen LogP contribution in [0, 0.1) is 0 Å². The van der Waals surface area contributed by atoms with Gasteiger partial charge in [0.1, 0.15) is 13.2 Å². The van der Waals surface area contributed by atoms with E-state index in [1.54, 1.807) is 11.3 Å². The zero-order chi connectivity index (χ0) is 11.7. The molecule has 0 spiro atoms. The van der Waals surface area contributed by atoms with E-state index in [1.807, 2.05) is 35.7 Å². The second-order valence-corrected chi connectivity index (χ2v) is 4.88. The summed E-state index contributed by atoms with van der Waals surface area (Å²) in [6.45, 7) is 1.22. The molecule has 3 rings (SSSR count). The predicted octanol–water partition coefficient (Wildman–Crippen LogP) is 2.99. The zero-order valence-electron chi connectivity index (χ0n) is 9.67. The first-order chi connectivity index (χ1) is 8.34. The Morgan fingerprint density at radius 2 is 1.89 bits per heavy atom. The van der Waals surface area contributed by atoms with Crippen LogP contribution in [0.5, 0.6) is 11.5 Å². The normalized spacial score (nSPS) is 14.7. The first-order valence-corrected chi connectivity index (χ1v) is 6.41. The first kappa shape index (κ1) is 13.2. The second-order valence-electron chi connectivity index (χ2n) is 3.90. The standard InChI is InChI=1S/C13H13NO2S.ClH/c14-13(12-2-1-7-17-12)9-3-4-10-11(8-9)16-6-5-15-10;/h1-4,7-8,13H,5-6,14H2;1H/t13-;/m1./s1. The van der Waals surface area contributed by atoms with Gasteiger partial charge in [-0.3, -0.25) is 0 Å². The summed E-state index contributed by atoms with van der Waals surface area (Å²) in [6.07, 6.45) is 0. The summed E-state index contributed by atoms with van der Waals surface area (Å²) in [5.41, 5.74) is 7.26. The third kappa shape index (κ3) is 2.46. The van der Waals surface area contributed by atoms with Crippen LogP contribution >= 0.6 is 23.7 Å². The number of hydrogen-bond acceptors (Lipinski definition) is 4. The minimum absolute atomic E-state index is 0. The lowest BCUT2D eigenvalue weighted by molar-refractivity contribution is 0.171. The van der Waals surface area contributed by atoms with Crippen molar-refractivity contribution in [3.05, 3.63) is 46.2 Å². The maximum Gasteiger partial charge on any atom is 0.161 e. The number of fused-ring (bicyclic) bond motifs is 1. The Kier molecular flexibility index (Phi) is 4.11. The van der Waals surface area contributed by atoms with Gasteiger partial charge in [0.2, 0.25) is 0 Å². The van der Waals surface area contributed by atoms with E-state index in [2.05, 4.69) is 0 Å². The van der Waals surface area contributed by atoms with Crippen molar-refractivity contribution in [1.29, 1.82) is 0 Å². The molecular weight excluding hydrogens is 270 g/mol. The van der Waals surface area contributed by atoms with Crippen molar-refractivity contribution in [2.45, 2.75) is 6.04 Å². The summed E-state index contributed by atoms with van der Waals surface area (Å²) in [7, 11) is 0. The molecule has 1 aromatic carbocycles. The van der Waals surface area contributed by atoms with Gasteiger partial charge >= 0.3 is 0 Å². The van der Waals surface area contributed by atoms with Crippen molar-refractivity contribution in [2.24, 2.45) is 5.73 Å². The van der Waals surface area contributed by atoms with Gasteiger partial charge in [0, 0.05) is 4.88 Å². The van der Waals surface area contributed by atoms with Gasteiger partial charge in [-0.2, -0.15) is 0 Å². The Morgan fingerprint density at radius 1 is 1.11 bits per heavy atom. The van der Waals surface area contributed by atoms with Crippen molar-refractivity contribution in [3.8, 4) is 11.5 Å². The maximum atomic E-state index is 6.21. The molecule has 0 saturated carbocycles. The quantitative estimate of drug-likeness (QED) is 0.921. The zero-order valence-corrected chi connectivity index (χ0v) is 11.3. The minimum atomic E-state index is -0.0918. The molecule has 1 atom stereocenters. The molecule has 2 N–H and O–H groups in total. The molecule has 3 nitrogen and oxygen atoms in total. The molecule has 0 radical (unpaired) electrons. The summed E-state index contributed by atoms with van der Waals surface area (Å²) in [4.78, 5) is 1.15. The highest BCUT2D eigenvalue weighted by Gasteiger charge is 2.16. The molecule has 18 heavy (non-hydrogen) atoms. The summed E-state index contributed by atoms with van der Waals surface area (Å²) in [6, 6.07) is 9.86. The number of halogens is 1. The highest BCUT2D eigenvalue weighted by atomic mass is 35.5. The Balaban J connectivity index is 0.00000120. The van der Waals surface area contributed by atoms with Crippen LogP contribution in [-0.4, -0.2) is 13.2 Å². The van der Waals surface area contributed by atoms with E-state index >= 15 is 0 Å². The molecule has 2 aromatic rings. The molecule has 0 bridgehead atoms. The number of thiophene rings is 1. The van der Waals surface area contributed by atoms with Crippen LogP contribution in [0.4, 0.5) is 0 Å². The van der Waals surface area contributed by atoms with Crippen molar-refractivity contribution in [3.63, 3.8) is 0 Å². The van der Waals surface area contributed by atoms with E-state index in [0.29, 0.717) is 13.2 Å². The van der Waals surface area contributed by atoms with Crippen molar-refractivity contribution in [2.75, 3.05) is 13.2 Å².